The summed E-state index contributed by atoms with van der Waals surface area (Å²) in [6.07, 6.45) is 0.900. The van der Waals surface area contributed by atoms with Crippen LogP contribution in [0.1, 0.15) is 6.23 Å². The zero-order valence-corrected chi connectivity index (χ0v) is 16.8. The number of hydrogen-bond acceptors (Lipinski definition) is 10. The molecule has 0 aliphatic carbocycles. The number of nitrogens with one attached hydrogen (secondary N) is 1. The SMILES string of the molecule is CSC[C@H]1O[C@@H](n2cnc3c(N)ncnc32)[C@H](OC(=O)NCCN(C)C)[C@@H]1O. The molecule has 0 bridgehead atoms. The Bertz CT molecular complexity index is 817. The number of ether oxygens (including phenoxy) is 2. The van der Waals surface area contributed by atoms with Crippen LogP contribution < -0.4 is 11.1 Å². The van der Waals surface area contributed by atoms with E-state index in [1.54, 1.807) is 4.57 Å². The molecule has 154 valence electrons. The molecule has 2 aromatic heterocycles. The largest absolute Gasteiger partial charge is 0.439 e. The molecule has 3 heterocycles. The first-order valence-electron chi connectivity index (χ1n) is 8.77. The summed E-state index contributed by atoms with van der Waals surface area (Å²) in [7, 11) is 3.81. The zero-order valence-electron chi connectivity index (χ0n) is 16.0. The highest BCUT2D eigenvalue weighted by Crippen LogP contribution is 2.35. The second-order valence-electron chi connectivity index (χ2n) is 6.69. The third kappa shape index (κ3) is 4.29. The van der Waals surface area contributed by atoms with E-state index in [0.717, 1.165) is 0 Å². The predicted octanol–water partition coefficient (Wildman–Crippen LogP) is -0.314. The van der Waals surface area contributed by atoms with Gasteiger partial charge in [-0.3, -0.25) is 4.57 Å². The minimum atomic E-state index is -0.992. The van der Waals surface area contributed by atoms with E-state index in [2.05, 4.69) is 20.3 Å². The number of imidazole rings is 1. The van der Waals surface area contributed by atoms with Crippen LogP contribution in [0, 0.1) is 0 Å². The fraction of sp³-hybridized carbons (Fsp3) is 0.625. The highest BCUT2D eigenvalue weighted by molar-refractivity contribution is 7.98. The number of amides is 1. The topological polar surface area (TPSA) is 141 Å². The van der Waals surface area contributed by atoms with Crippen LogP contribution in [-0.2, 0) is 9.47 Å². The summed E-state index contributed by atoms with van der Waals surface area (Å²) >= 11 is 1.53. The number of hydrogen-bond donors (Lipinski definition) is 3. The number of anilines is 1. The maximum atomic E-state index is 12.2. The van der Waals surface area contributed by atoms with Gasteiger partial charge in [0.2, 0.25) is 0 Å². The Morgan fingerprint density at radius 2 is 2.25 bits per heavy atom. The van der Waals surface area contributed by atoms with Gasteiger partial charge in [-0.25, -0.2) is 19.7 Å². The van der Waals surface area contributed by atoms with Gasteiger partial charge in [-0.2, -0.15) is 11.8 Å². The van der Waals surface area contributed by atoms with Gasteiger partial charge in [0.05, 0.1) is 12.4 Å². The van der Waals surface area contributed by atoms with E-state index in [9.17, 15) is 9.90 Å². The van der Waals surface area contributed by atoms with Gasteiger partial charge in [-0.1, -0.05) is 0 Å². The number of likely N-dealkylation sites (N-methyl/N-ethyl adjacent to an activating group) is 1. The van der Waals surface area contributed by atoms with E-state index in [1.165, 1.54) is 24.4 Å². The van der Waals surface area contributed by atoms with E-state index < -0.39 is 30.6 Å². The number of aromatic nitrogens is 4. The van der Waals surface area contributed by atoms with Gasteiger partial charge in [0.1, 0.15) is 17.9 Å². The Labute approximate surface area is 166 Å². The standard InChI is InChI=1S/C16H25N7O4S/c1-22(2)5-4-18-16(25)27-12-11(24)9(6-28-3)26-15(12)23-8-21-10-13(17)19-7-20-14(10)23/h7-9,11-12,15,24H,4-6H2,1-3H3,(H,18,25)(H2,17,19,20)/t9-,11-,12-,15-/m1/s1. The number of fused-ring (bicyclic) bond motifs is 1. The van der Waals surface area contributed by atoms with Crippen molar-refractivity contribution in [3.63, 3.8) is 0 Å². The van der Waals surface area contributed by atoms with Crippen molar-refractivity contribution in [2.24, 2.45) is 0 Å². The van der Waals surface area contributed by atoms with Gasteiger partial charge in [-0.15, -0.1) is 0 Å². The minimum absolute atomic E-state index is 0.238. The van der Waals surface area contributed by atoms with E-state index in [1.807, 2.05) is 25.3 Å². The Morgan fingerprint density at radius 1 is 1.46 bits per heavy atom. The number of carbonyl (C=O) groups excluding carboxylic acids is 1. The average Bonchev–Trinajstić information content (AvgIpc) is 3.19. The lowest BCUT2D eigenvalue weighted by atomic mass is 10.1. The molecule has 1 fully saturated rings. The van der Waals surface area contributed by atoms with Crippen molar-refractivity contribution in [1.29, 1.82) is 0 Å². The smallest absolute Gasteiger partial charge is 0.407 e. The monoisotopic (exact) mass is 411 g/mol. The van der Waals surface area contributed by atoms with Crippen LogP contribution in [0.2, 0.25) is 0 Å². The number of alkyl carbamates (subject to hydrolysis) is 1. The predicted molar refractivity (Wildman–Crippen MR) is 105 cm³/mol. The summed E-state index contributed by atoms with van der Waals surface area (Å²) in [4.78, 5) is 26.5. The molecule has 0 spiro atoms. The molecule has 0 saturated carbocycles. The zero-order chi connectivity index (χ0) is 20.3. The molecule has 28 heavy (non-hydrogen) atoms. The fourth-order valence-electron chi connectivity index (χ4n) is 2.97. The van der Waals surface area contributed by atoms with Crippen LogP contribution in [0.5, 0.6) is 0 Å². The molecule has 11 nitrogen and oxygen atoms in total. The first-order valence-corrected chi connectivity index (χ1v) is 10.2. The average molecular weight is 411 g/mol. The van der Waals surface area contributed by atoms with Gasteiger partial charge < -0.3 is 30.5 Å². The van der Waals surface area contributed by atoms with E-state index in [-0.39, 0.29) is 5.82 Å². The first kappa shape index (κ1) is 20.6. The van der Waals surface area contributed by atoms with E-state index in [4.69, 9.17) is 15.2 Å². The van der Waals surface area contributed by atoms with Gasteiger partial charge in [0.15, 0.2) is 23.8 Å². The van der Waals surface area contributed by atoms with Gasteiger partial charge in [0, 0.05) is 18.8 Å². The van der Waals surface area contributed by atoms with Crippen molar-refractivity contribution < 1.29 is 19.4 Å². The van der Waals surface area contributed by atoms with Crippen LogP contribution in [0.3, 0.4) is 0 Å². The molecule has 0 unspecified atom stereocenters. The quantitative estimate of drug-likeness (QED) is 0.555. The second kappa shape index (κ2) is 8.90. The number of nitrogens with zero attached hydrogens (tertiary/aromatic N) is 5. The molecule has 12 heteroatoms. The summed E-state index contributed by atoms with van der Waals surface area (Å²) in [5, 5.41) is 13.4. The number of nitrogens with two attached hydrogens (primary N) is 1. The van der Waals surface area contributed by atoms with Gasteiger partial charge in [-0.05, 0) is 20.4 Å². The molecule has 1 saturated heterocycles. The van der Waals surface area contributed by atoms with E-state index >= 15 is 0 Å². The highest BCUT2D eigenvalue weighted by atomic mass is 32.2. The van der Waals surface area contributed by atoms with Gasteiger partial charge in [0.25, 0.3) is 0 Å². The highest BCUT2D eigenvalue weighted by Gasteiger charge is 2.47. The third-order valence-corrected chi connectivity index (χ3v) is 5.04. The van der Waals surface area contributed by atoms with E-state index in [0.29, 0.717) is 30.0 Å². The van der Waals surface area contributed by atoms with Crippen LogP contribution in [0.4, 0.5) is 10.6 Å². The summed E-state index contributed by atoms with van der Waals surface area (Å²) in [6.45, 7) is 1.09. The summed E-state index contributed by atoms with van der Waals surface area (Å²) < 4.78 is 13.1. The normalized spacial score (nSPS) is 24.8. The van der Waals surface area contributed by atoms with Crippen LogP contribution >= 0.6 is 11.8 Å². The van der Waals surface area contributed by atoms with Crippen molar-refractivity contribution in [2.75, 3.05) is 44.9 Å². The Kier molecular flexibility index (Phi) is 6.54. The lowest BCUT2D eigenvalue weighted by Gasteiger charge is -2.22. The second-order valence-corrected chi connectivity index (χ2v) is 7.60. The van der Waals surface area contributed by atoms with Crippen molar-refractivity contribution in [3.8, 4) is 0 Å². The molecule has 4 atom stereocenters. The molecular weight excluding hydrogens is 386 g/mol. The molecule has 0 aromatic carbocycles. The van der Waals surface area contributed by atoms with Crippen LogP contribution in [0.15, 0.2) is 12.7 Å². The number of nitrogen functional groups attached to an aromatic ring is 1. The summed E-state index contributed by atoms with van der Waals surface area (Å²) in [5.74, 6) is 0.783. The van der Waals surface area contributed by atoms with Crippen LogP contribution in [0.25, 0.3) is 11.2 Å². The Morgan fingerprint density at radius 3 is 2.96 bits per heavy atom. The third-order valence-electron chi connectivity index (χ3n) is 4.38. The minimum Gasteiger partial charge on any atom is -0.439 e. The first-order chi connectivity index (χ1) is 13.4. The number of aliphatic hydroxyl groups excluding tert-OH is 1. The lowest BCUT2D eigenvalue weighted by Crippen LogP contribution is -2.40. The molecule has 1 aliphatic heterocycles. The van der Waals surface area contributed by atoms with Crippen molar-refractivity contribution >= 4 is 34.8 Å². The molecule has 3 rings (SSSR count). The summed E-state index contributed by atoms with van der Waals surface area (Å²) in [5.41, 5.74) is 6.71. The van der Waals surface area contributed by atoms with Crippen molar-refractivity contribution in [3.05, 3.63) is 12.7 Å². The number of carbonyl (C=O) groups is 1. The van der Waals surface area contributed by atoms with Gasteiger partial charge >= 0.3 is 6.09 Å². The number of rotatable bonds is 7. The Hall–Kier alpha value is -2.15. The maximum absolute atomic E-state index is 12.2. The summed E-state index contributed by atoms with van der Waals surface area (Å²) in [6, 6.07) is 0. The number of aliphatic hydroxyl groups is 1. The fourth-order valence-corrected chi connectivity index (χ4v) is 3.58. The maximum Gasteiger partial charge on any atom is 0.407 e. The molecule has 1 aliphatic rings. The van der Waals surface area contributed by atoms with Crippen molar-refractivity contribution in [1.82, 2.24) is 29.7 Å². The number of thioether (sulfide) groups is 1. The Balaban J connectivity index is 1.82. The lowest BCUT2D eigenvalue weighted by molar-refractivity contribution is -0.0354. The van der Waals surface area contributed by atoms with Crippen molar-refractivity contribution in [2.45, 2.75) is 24.5 Å². The molecule has 0 radical (unpaired) electrons. The van der Waals surface area contributed by atoms with Crippen LogP contribution in [-0.4, -0.2) is 93.1 Å². The molecule has 1 amide bonds. The molecular formula is C16H25N7O4S. The molecule has 4 N–H and O–H groups in total. The molecule has 2 aromatic rings.